The second kappa shape index (κ2) is 10.5. The van der Waals surface area contributed by atoms with E-state index in [1.165, 1.54) is 0 Å². The van der Waals surface area contributed by atoms with E-state index in [0.29, 0.717) is 6.54 Å². The minimum absolute atomic E-state index is 0.0642. The average molecular weight is 302 g/mol. The molecule has 0 aliphatic rings. The molecule has 1 N–H and O–H groups in total. The lowest BCUT2D eigenvalue weighted by Gasteiger charge is -2.22. The van der Waals surface area contributed by atoms with Crippen molar-refractivity contribution < 1.29 is 9.53 Å². The lowest BCUT2D eigenvalue weighted by molar-refractivity contribution is 0.211. The quantitative estimate of drug-likeness (QED) is 0.684. The van der Waals surface area contributed by atoms with Crippen LogP contribution in [0, 0.1) is 0 Å². The molecule has 0 saturated heterocycles. The summed E-state index contributed by atoms with van der Waals surface area (Å²) in [6, 6.07) is 7.28. The summed E-state index contributed by atoms with van der Waals surface area (Å²) >= 11 is 0. The highest BCUT2D eigenvalue weighted by Gasteiger charge is 2.12. The van der Waals surface area contributed by atoms with E-state index in [0.717, 1.165) is 37.2 Å². The number of nitrogens with one attached hydrogen (secondary N) is 1. The molecular formula is C18H26N2O2. The van der Waals surface area contributed by atoms with E-state index in [1.54, 1.807) is 13.2 Å². The fourth-order valence-electron chi connectivity index (χ4n) is 1.96. The molecule has 0 saturated carbocycles. The Morgan fingerprint density at radius 1 is 1.32 bits per heavy atom. The summed E-state index contributed by atoms with van der Waals surface area (Å²) in [6.45, 7) is 7.23. The number of amides is 2. The van der Waals surface area contributed by atoms with Gasteiger partial charge in [0.1, 0.15) is 5.75 Å². The molecule has 0 radical (unpaired) electrons. The van der Waals surface area contributed by atoms with Crippen molar-refractivity contribution in [3.63, 3.8) is 0 Å². The summed E-state index contributed by atoms with van der Waals surface area (Å²) in [4.78, 5) is 14.2. The van der Waals surface area contributed by atoms with E-state index in [4.69, 9.17) is 4.74 Å². The van der Waals surface area contributed by atoms with E-state index < -0.39 is 0 Å². The largest absolute Gasteiger partial charge is 0.497 e. The lowest BCUT2D eigenvalue weighted by Crippen LogP contribution is -2.36. The van der Waals surface area contributed by atoms with E-state index in [-0.39, 0.29) is 6.03 Å². The van der Waals surface area contributed by atoms with Gasteiger partial charge in [-0.1, -0.05) is 38.2 Å². The molecule has 2 amide bonds. The van der Waals surface area contributed by atoms with Crippen LogP contribution in [0.4, 0.5) is 10.5 Å². The van der Waals surface area contributed by atoms with Gasteiger partial charge < -0.3 is 15.0 Å². The molecule has 1 aromatic carbocycles. The van der Waals surface area contributed by atoms with Crippen LogP contribution in [0.2, 0.25) is 0 Å². The first-order valence-electron chi connectivity index (χ1n) is 7.68. The SMILES string of the molecule is C=C/C=C/CCN(CCCC)C(=O)Nc1ccc(OC)cc1. The van der Waals surface area contributed by atoms with Crippen molar-refractivity contribution in [3.05, 3.63) is 49.1 Å². The lowest BCUT2D eigenvalue weighted by atomic mass is 10.3. The third-order valence-electron chi connectivity index (χ3n) is 3.25. The van der Waals surface area contributed by atoms with Crippen LogP contribution in [-0.4, -0.2) is 31.1 Å². The zero-order chi connectivity index (χ0) is 16.2. The number of methoxy groups -OCH3 is 1. The zero-order valence-corrected chi connectivity index (χ0v) is 13.5. The monoisotopic (exact) mass is 302 g/mol. The zero-order valence-electron chi connectivity index (χ0n) is 13.5. The number of hydrogen-bond acceptors (Lipinski definition) is 2. The first kappa shape index (κ1) is 17.8. The van der Waals surface area contributed by atoms with Gasteiger partial charge in [0.15, 0.2) is 0 Å². The molecular weight excluding hydrogens is 276 g/mol. The predicted octanol–water partition coefficient (Wildman–Crippen LogP) is 4.46. The van der Waals surface area contributed by atoms with Gasteiger partial charge in [0.25, 0.3) is 0 Å². The van der Waals surface area contributed by atoms with Crippen molar-refractivity contribution in [2.75, 3.05) is 25.5 Å². The van der Waals surface area contributed by atoms with Crippen molar-refractivity contribution >= 4 is 11.7 Å². The number of nitrogens with zero attached hydrogens (tertiary/aromatic N) is 1. The summed E-state index contributed by atoms with van der Waals surface area (Å²) < 4.78 is 5.11. The summed E-state index contributed by atoms with van der Waals surface area (Å²) in [6.07, 6.45) is 8.56. The Labute approximate surface area is 133 Å². The van der Waals surface area contributed by atoms with Gasteiger partial charge in [0.2, 0.25) is 0 Å². The van der Waals surface area contributed by atoms with Crippen molar-refractivity contribution in [1.29, 1.82) is 0 Å². The molecule has 4 nitrogen and oxygen atoms in total. The van der Waals surface area contributed by atoms with E-state index >= 15 is 0 Å². The van der Waals surface area contributed by atoms with Gasteiger partial charge in [-0.05, 0) is 37.1 Å². The van der Waals surface area contributed by atoms with Gasteiger partial charge in [0.05, 0.1) is 7.11 Å². The Morgan fingerprint density at radius 2 is 2.05 bits per heavy atom. The Hall–Kier alpha value is -2.23. The number of anilines is 1. The summed E-state index contributed by atoms with van der Waals surface area (Å²) in [5.41, 5.74) is 0.772. The number of ether oxygens (including phenoxy) is 1. The summed E-state index contributed by atoms with van der Waals surface area (Å²) in [5.74, 6) is 0.774. The number of unbranched alkanes of at least 4 members (excludes halogenated alkanes) is 1. The minimum Gasteiger partial charge on any atom is -0.497 e. The van der Waals surface area contributed by atoms with Gasteiger partial charge in [-0.2, -0.15) is 0 Å². The van der Waals surface area contributed by atoms with Crippen molar-refractivity contribution in [2.45, 2.75) is 26.2 Å². The molecule has 0 spiro atoms. The molecule has 22 heavy (non-hydrogen) atoms. The molecule has 1 rings (SSSR count). The summed E-state index contributed by atoms with van der Waals surface area (Å²) in [5, 5.41) is 2.93. The molecule has 4 heteroatoms. The first-order valence-corrected chi connectivity index (χ1v) is 7.68. The van der Waals surface area contributed by atoms with Crippen LogP contribution in [0.1, 0.15) is 26.2 Å². The van der Waals surface area contributed by atoms with Crippen LogP contribution >= 0.6 is 0 Å². The Kier molecular flexibility index (Phi) is 8.50. The highest BCUT2D eigenvalue weighted by molar-refractivity contribution is 5.89. The molecule has 0 bridgehead atoms. The fourth-order valence-corrected chi connectivity index (χ4v) is 1.96. The van der Waals surface area contributed by atoms with E-state index in [2.05, 4.69) is 18.8 Å². The number of urea groups is 1. The molecule has 0 heterocycles. The van der Waals surface area contributed by atoms with Gasteiger partial charge in [-0.15, -0.1) is 0 Å². The highest BCUT2D eigenvalue weighted by atomic mass is 16.5. The Balaban J connectivity index is 2.60. The number of benzene rings is 1. The average Bonchev–Trinajstić information content (AvgIpc) is 2.54. The minimum atomic E-state index is -0.0642. The number of hydrogen-bond donors (Lipinski definition) is 1. The normalized spacial score (nSPS) is 10.5. The molecule has 0 unspecified atom stereocenters. The highest BCUT2D eigenvalue weighted by Crippen LogP contribution is 2.15. The number of allylic oxidation sites excluding steroid dienone is 2. The molecule has 120 valence electrons. The summed E-state index contributed by atoms with van der Waals surface area (Å²) in [7, 11) is 1.62. The van der Waals surface area contributed by atoms with E-state index in [1.807, 2.05) is 41.3 Å². The number of rotatable bonds is 9. The maximum atomic E-state index is 12.4. The van der Waals surface area contributed by atoms with Crippen LogP contribution in [0.3, 0.4) is 0 Å². The maximum absolute atomic E-state index is 12.4. The Bertz CT molecular complexity index is 480. The fraction of sp³-hybridized carbons (Fsp3) is 0.389. The van der Waals surface area contributed by atoms with E-state index in [9.17, 15) is 4.79 Å². The standard InChI is InChI=1S/C18H26N2O2/c1-4-6-8-9-15-20(14-7-5-2)18(21)19-16-10-12-17(22-3)13-11-16/h4,6,8,10-13H,1,5,7,9,14-15H2,2-3H3,(H,19,21)/b8-6+. The molecule has 1 aromatic rings. The first-order chi connectivity index (χ1) is 10.7. The second-order valence-electron chi connectivity index (χ2n) is 4.95. The van der Waals surface area contributed by atoms with Crippen molar-refractivity contribution in [1.82, 2.24) is 4.90 Å². The molecule has 0 fully saturated rings. The van der Waals surface area contributed by atoms with Crippen LogP contribution in [-0.2, 0) is 0 Å². The van der Waals surface area contributed by atoms with Crippen molar-refractivity contribution in [2.24, 2.45) is 0 Å². The predicted molar refractivity (Wildman–Crippen MR) is 92.4 cm³/mol. The topological polar surface area (TPSA) is 41.6 Å². The number of carbonyl (C=O) groups is 1. The number of carbonyl (C=O) groups excluding carboxylic acids is 1. The smallest absolute Gasteiger partial charge is 0.321 e. The Morgan fingerprint density at radius 3 is 2.64 bits per heavy atom. The van der Waals surface area contributed by atoms with Gasteiger partial charge in [-0.3, -0.25) is 0 Å². The van der Waals surface area contributed by atoms with Crippen LogP contribution < -0.4 is 10.1 Å². The van der Waals surface area contributed by atoms with Crippen LogP contribution in [0.15, 0.2) is 49.1 Å². The van der Waals surface area contributed by atoms with Crippen molar-refractivity contribution in [3.8, 4) is 5.75 Å². The van der Waals surface area contributed by atoms with Crippen LogP contribution in [0.5, 0.6) is 5.75 Å². The second-order valence-corrected chi connectivity index (χ2v) is 4.95. The van der Waals surface area contributed by atoms with Gasteiger partial charge in [0, 0.05) is 18.8 Å². The molecule has 0 atom stereocenters. The third kappa shape index (κ3) is 6.48. The molecule has 0 aromatic heterocycles. The van der Waals surface area contributed by atoms with Gasteiger partial charge in [-0.25, -0.2) is 4.79 Å². The molecule has 0 aliphatic heterocycles. The van der Waals surface area contributed by atoms with Gasteiger partial charge >= 0.3 is 6.03 Å². The van der Waals surface area contributed by atoms with Crippen LogP contribution in [0.25, 0.3) is 0 Å². The molecule has 0 aliphatic carbocycles. The third-order valence-corrected chi connectivity index (χ3v) is 3.25. The maximum Gasteiger partial charge on any atom is 0.321 e.